The number of carbonyl (C=O) groups excluding carboxylic acids is 2. The summed E-state index contributed by atoms with van der Waals surface area (Å²) in [5.41, 5.74) is 0.919. The lowest BCUT2D eigenvalue weighted by Gasteiger charge is -2.26. The van der Waals surface area contributed by atoms with Crippen molar-refractivity contribution in [3.05, 3.63) is 29.3 Å². The molecular formula is C15H19NO4. The monoisotopic (exact) mass is 277 g/mol. The lowest BCUT2D eigenvalue weighted by molar-refractivity contribution is 0.0225. The number of benzene rings is 1. The van der Waals surface area contributed by atoms with Gasteiger partial charge in [0.2, 0.25) is 0 Å². The number of hydrogen-bond acceptors (Lipinski definition) is 4. The lowest BCUT2D eigenvalue weighted by Crippen LogP contribution is -2.37. The standard InChI is InChI=1S/C15H19NO4/c1-15(2,3)20-14(18)16-6-7-19-13-8-11(10-17)4-5-12(13)9-16/h4-5,8,10H,6-7,9H2,1-3H3. The first-order chi connectivity index (χ1) is 9.39. The highest BCUT2D eigenvalue weighted by atomic mass is 16.6. The summed E-state index contributed by atoms with van der Waals surface area (Å²) >= 11 is 0. The Balaban J connectivity index is 2.16. The highest BCUT2D eigenvalue weighted by Crippen LogP contribution is 2.25. The van der Waals surface area contributed by atoms with E-state index in [2.05, 4.69) is 0 Å². The van der Waals surface area contributed by atoms with Gasteiger partial charge in [-0.2, -0.15) is 0 Å². The van der Waals surface area contributed by atoms with Gasteiger partial charge in [0.1, 0.15) is 24.2 Å². The second kappa shape index (κ2) is 5.53. The third kappa shape index (κ3) is 3.50. The smallest absolute Gasteiger partial charge is 0.410 e. The SMILES string of the molecule is CC(C)(C)OC(=O)N1CCOc2cc(C=O)ccc2C1. The minimum atomic E-state index is -0.519. The third-order valence-corrected chi connectivity index (χ3v) is 2.86. The van der Waals surface area contributed by atoms with E-state index in [1.165, 1.54) is 0 Å². The summed E-state index contributed by atoms with van der Waals surface area (Å²) in [6, 6.07) is 5.22. The summed E-state index contributed by atoms with van der Waals surface area (Å²) in [6.45, 7) is 6.77. The first-order valence-corrected chi connectivity index (χ1v) is 6.58. The minimum absolute atomic E-state index is 0.353. The highest BCUT2D eigenvalue weighted by Gasteiger charge is 2.25. The second-order valence-corrected chi connectivity index (χ2v) is 5.74. The lowest BCUT2D eigenvalue weighted by atomic mass is 10.1. The number of rotatable bonds is 1. The molecule has 0 atom stereocenters. The van der Waals surface area contributed by atoms with E-state index in [0.717, 1.165) is 11.8 Å². The summed E-state index contributed by atoms with van der Waals surface area (Å²) in [4.78, 5) is 24.5. The first kappa shape index (κ1) is 14.4. The molecule has 0 aliphatic carbocycles. The van der Waals surface area contributed by atoms with E-state index < -0.39 is 5.60 Å². The molecule has 2 rings (SSSR count). The number of hydrogen-bond donors (Lipinski definition) is 0. The molecule has 0 N–H and O–H groups in total. The van der Waals surface area contributed by atoms with Crippen LogP contribution in [0.2, 0.25) is 0 Å². The average molecular weight is 277 g/mol. The molecule has 1 aromatic carbocycles. The van der Waals surface area contributed by atoms with Gasteiger partial charge in [0.15, 0.2) is 0 Å². The Kier molecular flexibility index (Phi) is 3.97. The molecule has 0 radical (unpaired) electrons. The number of fused-ring (bicyclic) bond motifs is 1. The molecule has 0 fully saturated rings. The van der Waals surface area contributed by atoms with Crippen molar-refractivity contribution in [3.63, 3.8) is 0 Å². The molecule has 0 bridgehead atoms. The van der Waals surface area contributed by atoms with E-state index in [-0.39, 0.29) is 6.09 Å². The number of ether oxygens (including phenoxy) is 2. The number of carbonyl (C=O) groups is 2. The van der Waals surface area contributed by atoms with E-state index in [9.17, 15) is 9.59 Å². The minimum Gasteiger partial charge on any atom is -0.491 e. The predicted molar refractivity (Wildman–Crippen MR) is 74.0 cm³/mol. The van der Waals surface area contributed by atoms with Gasteiger partial charge in [0.25, 0.3) is 0 Å². The van der Waals surface area contributed by atoms with Crippen LogP contribution >= 0.6 is 0 Å². The van der Waals surface area contributed by atoms with Gasteiger partial charge < -0.3 is 14.4 Å². The largest absolute Gasteiger partial charge is 0.491 e. The molecule has 0 saturated heterocycles. The van der Waals surface area contributed by atoms with Gasteiger partial charge in [-0.15, -0.1) is 0 Å². The average Bonchev–Trinajstić information content (AvgIpc) is 2.57. The van der Waals surface area contributed by atoms with Gasteiger partial charge in [-0.25, -0.2) is 4.79 Å². The molecule has 0 spiro atoms. The van der Waals surface area contributed by atoms with Crippen molar-refractivity contribution in [2.75, 3.05) is 13.2 Å². The molecule has 0 saturated carbocycles. The Labute approximate surface area is 118 Å². The van der Waals surface area contributed by atoms with Crippen molar-refractivity contribution >= 4 is 12.4 Å². The Bertz CT molecular complexity index is 519. The topological polar surface area (TPSA) is 55.8 Å². The van der Waals surface area contributed by atoms with Gasteiger partial charge in [-0.05, 0) is 26.8 Å². The van der Waals surface area contributed by atoms with Gasteiger partial charge in [-0.3, -0.25) is 4.79 Å². The summed E-state index contributed by atoms with van der Waals surface area (Å²) in [5.74, 6) is 0.653. The summed E-state index contributed by atoms with van der Waals surface area (Å²) < 4.78 is 11.0. The van der Waals surface area contributed by atoms with E-state index in [1.54, 1.807) is 17.0 Å². The van der Waals surface area contributed by atoms with Crippen LogP contribution in [-0.4, -0.2) is 36.0 Å². The van der Waals surface area contributed by atoms with Crippen LogP contribution in [0.3, 0.4) is 0 Å². The molecule has 1 aliphatic heterocycles. The van der Waals surface area contributed by atoms with Crippen LogP contribution in [0.4, 0.5) is 4.79 Å². The van der Waals surface area contributed by atoms with Gasteiger partial charge in [0.05, 0.1) is 13.1 Å². The van der Waals surface area contributed by atoms with Crippen LogP contribution < -0.4 is 4.74 Å². The second-order valence-electron chi connectivity index (χ2n) is 5.74. The summed E-state index contributed by atoms with van der Waals surface area (Å²) in [6.07, 6.45) is 0.425. The van der Waals surface area contributed by atoms with Crippen LogP contribution in [0, 0.1) is 0 Å². The Morgan fingerprint density at radius 1 is 1.40 bits per heavy atom. The van der Waals surface area contributed by atoms with Gasteiger partial charge >= 0.3 is 6.09 Å². The normalized spacial score (nSPS) is 14.8. The molecular weight excluding hydrogens is 258 g/mol. The van der Waals surface area contributed by atoms with Gasteiger partial charge in [0, 0.05) is 11.1 Å². The quantitative estimate of drug-likeness (QED) is 0.740. The molecule has 108 valence electrons. The van der Waals surface area contributed by atoms with Crippen molar-refractivity contribution in [2.24, 2.45) is 0 Å². The molecule has 1 aliphatic rings. The fraction of sp³-hybridized carbons (Fsp3) is 0.467. The Hall–Kier alpha value is -2.04. The van der Waals surface area contributed by atoms with E-state index in [0.29, 0.717) is 31.0 Å². The summed E-state index contributed by atoms with van der Waals surface area (Å²) in [5, 5.41) is 0. The third-order valence-electron chi connectivity index (χ3n) is 2.86. The van der Waals surface area contributed by atoms with Crippen LogP contribution in [0.15, 0.2) is 18.2 Å². The molecule has 0 aromatic heterocycles. The highest BCUT2D eigenvalue weighted by molar-refractivity contribution is 5.76. The van der Waals surface area contributed by atoms with Crippen LogP contribution in [0.5, 0.6) is 5.75 Å². The zero-order valence-corrected chi connectivity index (χ0v) is 12.0. The predicted octanol–water partition coefficient (Wildman–Crippen LogP) is 2.63. The maximum absolute atomic E-state index is 12.1. The van der Waals surface area contributed by atoms with Crippen molar-refractivity contribution < 1.29 is 19.1 Å². The molecule has 20 heavy (non-hydrogen) atoms. The zero-order valence-electron chi connectivity index (χ0n) is 12.0. The number of aldehydes is 1. The van der Waals surface area contributed by atoms with E-state index in [4.69, 9.17) is 9.47 Å². The molecule has 5 heteroatoms. The summed E-state index contributed by atoms with van der Waals surface area (Å²) in [7, 11) is 0. The van der Waals surface area contributed by atoms with E-state index in [1.807, 2.05) is 26.8 Å². The Morgan fingerprint density at radius 2 is 2.15 bits per heavy atom. The maximum atomic E-state index is 12.1. The van der Waals surface area contributed by atoms with Crippen LogP contribution in [-0.2, 0) is 11.3 Å². The fourth-order valence-electron chi connectivity index (χ4n) is 1.94. The van der Waals surface area contributed by atoms with Crippen LogP contribution in [0.1, 0.15) is 36.7 Å². The fourth-order valence-corrected chi connectivity index (χ4v) is 1.94. The first-order valence-electron chi connectivity index (χ1n) is 6.58. The Morgan fingerprint density at radius 3 is 2.80 bits per heavy atom. The molecule has 0 unspecified atom stereocenters. The molecule has 1 heterocycles. The van der Waals surface area contributed by atoms with Crippen molar-refractivity contribution in [3.8, 4) is 5.75 Å². The zero-order chi connectivity index (χ0) is 14.8. The van der Waals surface area contributed by atoms with Crippen molar-refractivity contribution in [1.82, 2.24) is 4.90 Å². The van der Waals surface area contributed by atoms with Crippen molar-refractivity contribution in [2.45, 2.75) is 32.9 Å². The molecule has 1 aromatic rings. The molecule has 5 nitrogen and oxygen atoms in total. The van der Waals surface area contributed by atoms with E-state index >= 15 is 0 Å². The number of nitrogens with zero attached hydrogens (tertiary/aromatic N) is 1. The van der Waals surface area contributed by atoms with Gasteiger partial charge in [-0.1, -0.05) is 12.1 Å². The van der Waals surface area contributed by atoms with Crippen molar-refractivity contribution in [1.29, 1.82) is 0 Å². The molecule has 1 amide bonds. The maximum Gasteiger partial charge on any atom is 0.410 e. The number of amides is 1. The van der Waals surface area contributed by atoms with Crippen LogP contribution in [0.25, 0.3) is 0 Å².